The number of ether oxygens (including phenoxy) is 2. The summed E-state index contributed by atoms with van der Waals surface area (Å²) >= 11 is 0. The molecule has 5 nitrogen and oxygen atoms in total. The van der Waals surface area contributed by atoms with Gasteiger partial charge in [-0.25, -0.2) is 9.59 Å². The van der Waals surface area contributed by atoms with Crippen molar-refractivity contribution in [3.63, 3.8) is 0 Å². The highest BCUT2D eigenvalue weighted by atomic mass is 16.5. The average molecular weight is 259 g/mol. The fourth-order valence-corrected chi connectivity index (χ4v) is 1.47. The second kappa shape index (κ2) is 9.74. The molecule has 18 heavy (non-hydrogen) atoms. The SMILES string of the molecule is CCCCCOC(=O)[C@@H](NC(=O)OC)C(C)CC. The predicted molar refractivity (Wildman–Crippen MR) is 69.3 cm³/mol. The van der Waals surface area contributed by atoms with Crippen molar-refractivity contribution in [2.45, 2.75) is 52.5 Å². The minimum Gasteiger partial charge on any atom is -0.464 e. The van der Waals surface area contributed by atoms with Crippen LogP contribution >= 0.6 is 0 Å². The van der Waals surface area contributed by atoms with E-state index in [1.165, 1.54) is 7.11 Å². The Morgan fingerprint density at radius 1 is 1.22 bits per heavy atom. The molecule has 0 aromatic rings. The highest BCUT2D eigenvalue weighted by molar-refractivity contribution is 5.81. The molecule has 0 rings (SSSR count). The zero-order valence-corrected chi connectivity index (χ0v) is 11.8. The number of rotatable bonds is 8. The summed E-state index contributed by atoms with van der Waals surface area (Å²) in [6.07, 6.45) is 3.14. The molecule has 1 N–H and O–H groups in total. The van der Waals surface area contributed by atoms with Gasteiger partial charge in [0.05, 0.1) is 13.7 Å². The summed E-state index contributed by atoms with van der Waals surface area (Å²) in [5.74, 6) is -0.367. The number of amides is 1. The first-order valence-electron chi connectivity index (χ1n) is 6.57. The van der Waals surface area contributed by atoms with Crippen LogP contribution in [0.25, 0.3) is 0 Å². The molecular formula is C13H25NO4. The average Bonchev–Trinajstić information content (AvgIpc) is 2.39. The van der Waals surface area contributed by atoms with Crippen molar-refractivity contribution in [3.8, 4) is 0 Å². The fourth-order valence-electron chi connectivity index (χ4n) is 1.47. The molecule has 0 bridgehead atoms. The van der Waals surface area contributed by atoms with E-state index in [9.17, 15) is 9.59 Å². The van der Waals surface area contributed by atoms with Crippen LogP contribution in [0.1, 0.15) is 46.5 Å². The fraction of sp³-hybridized carbons (Fsp3) is 0.846. The Kier molecular flexibility index (Phi) is 9.06. The lowest BCUT2D eigenvalue weighted by molar-refractivity contribution is -0.147. The maximum absolute atomic E-state index is 11.9. The number of esters is 1. The van der Waals surface area contributed by atoms with Crippen LogP contribution in [-0.2, 0) is 14.3 Å². The lowest BCUT2D eigenvalue weighted by Crippen LogP contribution is -2.46. The minimum atomic E-state index is -0.635. The van der Waals surface area contributed by atoms with Crippen LogP contribution in [0.5, 0.6) is 0 Å². The minimum absolute atomic E-state index is 0.0165. The van der Waals surface area contributed by atoms with Crippen molar-refractivity contribution in [1.82, 2.24) is 5.32 Å². The second-order valence-corrected chi connectivity index (χ2v) is 4.37. The number of alkyl carbamates (subject to hydrolysis) is 1. The van der Waals surface area contributed by atoms with Gasteiger partial charge < -0.3 is 14.8 Å². The molecule has 1 unspecified atom stereocenters. The Bertz CT molecular complexity index is 255. The van der Waals surface area contributed by atoms with E-state index in [4.69, 9.17) is 4.74 Å². The second-order valence-electron chi connectivity index (χ2n) is 4.37. The van der Waals surface area contributed by atoms with Gasteiger partial charge in [-0.2, -0.15) is 0 Å². The molecule has 0 aliphatic rings. The molecule has 0 fully saturated rings. The molecule has 0 heterocycles. The Labute approximate surface area is 109 Å². The maximum atomic E-state index is 11.9. The molecule has 2 atom stereocenters. The van der Waals surface area contributed by atoms with E-state index in [-0.39, 0.29) is 11.9 Å². The summed E-state index contributed by atoms with van der Waals surface area (Å²) in [5.41, 5.74) is 0. The normalized spacial score (nSPS) is 13.6. The molecule has 106 valence electrons. The van der Waals surface area contributed by atoms with Crippen LogP contribution in [0.4, 0.5) is 4.79 Å². The third-order valence-corrected chi connectivity index (χ3v) is 2.92. The number of carbonyl (C=O) groups excluding carboxylic acids is 2. The number of nitrogens with one attached hydrogen (secondary N) is 1. The molecule has 5 heteroatoms. The van der Waals surface area contributed by atoms with Gasteiger partial charge in [0, 0.05) is 0 Å². The van der Waals surface area contributed by atoms with Crippen molar-refractivity contribution in [2.24, 2.45) is 5.92 Å². The van der Waals surface area contributed by atoms with Crippen LogP contribution in [-0.4, -0.2) is 31.8 Å². The first kappa shape index (κ1) is 16.7. The molecule has 0 saturated heterocycles. The van der Waals surface area contributed by atoms with Crippen molar-refractivity contribution < 1.29 is 19.1 Å². The molecule has 0 aliphatic heterocycles. The van der Waals surface area contributed by atoms with Crippen LogP contribution in [0, 0.1) is 5.92 Å². The summed E-state index contributed by atoms with van der Waals surface area (Å²) in [6.45, 7) is 6.35. The number of carbonyl (C=O) groups is 2. The molecular weight excluding hydrogens is 234 g/mol. The highest BCUT2D eigenvalue weighted by Crippen LogP contribution is 2.10. The first-order chi connectivity index (χ1) is 8.56. The van der Waals surface area contributed by atoms with E-state index >= 15 is 0 Å². The third-order valence-electron chi connectivity index (χ3n) is 2.92. The van der Waals surface area contributed by atoms with E-state index in [1.54, 1.807) is 0 Å². The Balaban J connectivity index is 4.27. The predicted octanol–water partition coefficient (Wildman–Crippen LogP) is 2.49. The van der Waals surface area contributed by atoms with Gasteiger partial charge in [-0.3, -0.25) is 0 Å². The van der Waals surface area contributed by atoms with Gasteiger partial charge in [0.15, 0.2) is 0 Å². The molecule has 0 aromatic heterocycles. The van der Waals surface area contributed by atoms with Gasteiger partial charge in [0.25, 0.3) is 0 Å². The highest BCUT2D eigenvalue weighted by Gasteiger charge is 2.27. The molecule has 0 saturated carbocycles. The van der Waals surface area contributed by atoms with Crippen molar-refractivity contribution in [2.75, 3.05) is 13.7 Å². The van der Waals surface area contributed by atoms with E-state index in [2.05, 4.69) is 17.0 Å². The van der Waals surface area contributed by atoms with Crippen molar-refractivity contribution in [1.29, 1.82) is 0 Å². The lowest BCUT2D eigenvalue weighted by Gasteiger charge is -2.21. The zero-order chi connectivity index (χ0) is 14.0. The number of hydrogen-bond donors (Lipinski definition) is 1. The van der Waals surface area contributed by atoms with E-state index in [1.807, 2.05) is 13.8 Å². The van der Waals surface area contributed by atoms with Gasteiger partial charge in [-0.15, -0.1) is 0 Å². The standard InChI is InChI=1S/C13H25NO4/c1-5-7-8-9-18-12(15)11(10(3)6-2)14-13(16)17-4/h10-11H,5-9H2,1-4H3,(H,14,16)/t10?,11-/m0/s1. The number of hydrogen-bond acceptors (Lipinski definition) is 4. The van der Waals surface area contributed by atoms with Crippen LogP contribution in [0.15, 0.2) is 0 Å². The number of methoxy groups -OCH3 is 1. The molecule has 0 radical (unpaired) electrons. The summed E-state index contributed by atoms with van der Waals surface area (Å²) in [4.78, 5) is 23.0. The van der Waals surface area contributed by atoms with Crippen LogP contribution in [0.2, 0.25) is 0 Å². The zero-order valence-electron chi connectivity index (χ0n) is 11.8. The summed E-state index contributed by atoms with van der Waals surface area (Å²) < 4.78 is 9.68. The smallest absolute Gasteiger partial charge is 0.407 e. The monoisotopic (exact) mass is 259 g/mol. The largest absolute Gasteiger partial charge is 0.464 e. The van der Waals surface area contributed by atoms with E-state index < -0.39 is 12.1 Å². The molecule has 0 spiro atoms. The lowest BCUT2D eigenvalue weighted by atomic mass is 9.99. The molecule has 0 aromatic carbocycles. The van der Waals surface area contributed by atoms with Crippen LogP contribution < -0.4 is 5.32 Å². The molecule has 1 amide bonds. The first-order valence-corrected chi connectivity index (χ1v) is 6.57. The summed E-state index contributed by atoms with van der Waals surface area (Å²) in [6, 6.07) is -0.635. The van der Waals surface area contributed by atoms with Gasteiger partial charge in [0.1, 0.15) is 6.04 Å². The Hall–Kier alpha value is -1.26. The topological polar surface area (TPSA) is 64.6 Å². The van der Waals surface area contributed by atoms with Gasteiger partial charge >= 0.3 is 12.1 Å². The Morgan fingerprint density at radius 3 is 2.39 bits per heavy atom. The maximum Gasteiger partial charge on any atom is 0.407 e. The Morgan fingerprint density at radius 2 is 1.89 bits per heavy atom. The summed E-state index contributed by atoms with van der Waals surface area (Å²) in [7, 11) is 1.27. The summed E-state index contributed by atoms with van der Waals surface area (Å²) in [5, 5.41) is 2.52. The molecule has 0 aliphatic carbocycles. The van der Waals surface area contributed by atoms with E-state index in [0.717, 1.165) is 25.7 Å². The van der Waals surface area contributed by atoms with Gasteiger partial charge in [-0.05, 0) is 12.3 Å². The number of unbranched alkanes of at least 4 members (excludes halogenated alkanes) is 2. The van der Waals surface area contributed by atoms with Crippen molar-refractivity contribution in [3.05, 3.63) is 0 Å². The third kappa shape index (κ3) is 6.47. The van der Waals surface area contributed by atoms with Gasteiger partial charge in [0.2, 0.25) is 0 Å². The van der Waals surface area contributed by atoms with Crippen molar-refractivity contribution >= 4 is 12.1 Å². The van der Waals surface area contributed by atoms with E-state index in [0.29, 0.717) is 6.61 Å². The van der Waals surface area contributed by atoms with Crippen LogP contribution in [0.3, 0.4) is 0 Å². The quantitative estimate of drug-likeness (QED) is 0.537. The van der Waals surface area contributed by atoms with Gasteiger partial charge in [-0.1, -0.05) is 40.0 Å².